The summed E-state index contributed by atoms with van der Waals surface area (Å²) in [6.45, 7) is 6.63. The van der Waals surface area contributed by atoms with Crippen LogP contribution in [0.25, 0.3) is 0 Å². The third-order valence-corrected chi connectivity index (χ3v) is 4.17. The molecule has 0 spiro atoms. The summed E-state index contributed by atoms with van der Waals surface area (Å²) >= 11 is 0. The first-order valence-electron chi connectivity index (χ1n) is 7.49. The Kier molecular flexibility index (Phi) is 5.26. The van der Waals surface area contributed by atoms with Gasteiger partial charge in [-0.3, -0.25) is 4.90 Å². The average Bonchev–Trinajstić information content (AvgIpc) is 2.86. The largest absolute Gasteiger partial charge is 0.496 e. The van der Waals surface area contributed by atoms with E-state index in [9.17, 15) is 0 Å². The molecule has 4 nitrogen and oxygen atoms in total. The molecule has 1 aliphatic heterocycles. The second-order valence-corrected chi connectivity index (χ2v) is 5.69. The van der Waals surface area contributed by atoms with Crippen LogP contribution in [0.5, 0.6) is 5.75 Å². The van der Waals surface area contributed by atoms with Crippen molar-refractivity contribution in [2.24, 2.45) is 0 Å². The van der Waals surface area contributed by atoms with Gasteiger partial charge in [0.05, 0.1) is 7.11 Å². The normalized spacial score (nSPS) is 19.7. The van der Waals surface area contributed by atoms with E-state index in [4.69, 9.17) is 10.5 Å². The van der Waals surface area contributed by atoms with Crippen LogP contribution in [-0.4, -0.2) is 49.6 Å². The molecule has 1 aromatic carbocycles. The molecule has 2 N–H and O–H groups in total. The lowest BCUT2D eigenvalue weighted by Gasteiger charge is -2.28. The lowest BCUT2D eigenvalue weighted by Crippen LogP contribution is -2.38. The van der Waals surface area contributed by atoms with Gasteiger partial charge in [-0.05, 0) is 51.2 Å². The highest BCUT2D eigenvalue weighted by atomic mass is 16.5. The molecular formula is C16H27N3O. The second kappa shape index (κ2) is 6.95. The Bertz CT molecular complexity index is 436. The van der Waals surface area contributed by atoms with Crippen LogP contribution in [0.15, 0.2) is 18.2 Å². The third-order valence-electron chi connectivity index (χ3n) is 4.17. The van der Waals surface area contributed by atoms with Crippen molar-refractivity contribution >= 4 is 5.69 Å². The van der Waals surface area contributed by atoms with E-state index in [0.717, 1.165) is 36.6 Å². The fraction of sp³-hybridized carbons (Fsp3) is 0.625. The van der Waals surface area contributed by atoms with Crippen molar-refractivity contribution in [3.8, 4) is 5.75 Å². The van der Waals surface area contributed by atoms with E-state index in [1.165, 1.54) is 19.4 Å². The van der Waals surface area contributed by atoms with Crippen molar-refractivity contribution in [3.05, 3.63) is 23.8 Å². The topological polar surface area (TPSA) is 41.7 Å². The molecule has 1 heterocycles. The number of anilines is 1. The summed E-state index contributed by atoms with van der Waals surface area (Å²) in [4.78, 5) is 4.95. The summed E-state index contributed by atoms with van der Waals surface area (Å²) in [6.07, 6.45) is 2.64. The molecule has 2 rings (SSSR count). The Morgan fingerprint density at radius 3 is 2.95 bits per heavy atom. The molecule has 0 radical (unpaired) electrons. The number of ether oxygens (including phenoxy) is 1. The van der Waals surface area contributed by atoms with Gasteiger partial charge >= 0.3 is 0 Å². The van der Waals surface area contributed by atoms with Gasteiger partial charge in [-0.25, -0.2) is 0 Å². The Labute approximate surface area is 122 Å². The van der Waals surface area contributed by atoms with Crippen molar-refractivity contribution < 1.29 is 4.74 Å². The fourth-order valence-electron chi connectivity index (χ4n) is 3.16. The number of likely N-dealkylation sites (tertiary alicyclic amines) is 1. The first-order chi connectivity index (χ1) is 9.63. The molecule has 0 aliphatic carbocycles. The number of hydrogen-bond donors (Lipinski definition) is 1. The van der Waals surface area contributed by atoms with Crippen LogP contribution < -0.4 is 10.5 Å². The van der Waals surface area contributed by atoms with Gasteiger partial charge in [0, 0.05) is 30.4 Å². The summed E-state index contributed by atoms with van der Waals surface area (Å²) in [5, 5.41) is 0. The van der Waals surface area contributed by atoms with Crippen LogP contribution >= 0.6 is 0 Å². The maximum atomic E-state index is 5.88. The Morgan fingerprint density at radius 2 is 2.25 bits per heavy atom. The monoisotopic (exact) mass is 277 g/mol. The predicted octanol–water partition coefficient (Wildman–Crippen LogP) is 2.19. The molecule has 1 saturated heterocycles. The summed E-state index contributed by atoms with van der Waals surface area (Å²) in [5.74, 6) is 0.921. The van der Waals surface area contributed by atoms with Crippen molar-refractivity contribution in [1.29, 1.82) is 0 Å². The van der Waals surface area contributed by atoms with Crippen LogP contribution in [0, 0.1) is 0 Å². The molecule has 1 unspecified atom stereocenters. The Morgan fingerprint density at radius 1 is 1.45 bits per heavy atom. The van der Waals surface area contributed by atoms with E-state index < -0.39 is 0 Å². The van der Waals surface area contributed by atoms with Crippen LogP contribution in [0.2, 0.25) is 0 Å². The summed E-state index contributed by atoms with van der Waals surface area (Å²) in [5.41, 5.74) is 7.84. The first-order valence-corrected chi connectivity index (χ1v) is 7.49. The van der Waals surface area contributed by atoms with E-state index in [1.54, 1.807) is 7.11 Å². The lowest BCUT2D eigenvalue weighted by molar-refractivity contribution is 0.193. The number of nitrogen functional groups attached to an aromatic ring is 1. The van der Waals surface area contributed by atoms with Gasteiger partial charge in [0.2, 0.25) is 0 Å². The molecule has 4 heteroatoms. The number of rotatable bonds is 6. The molecule has 112 valence electrons. The highest BCUT2D eigenvalue weighted by molar-refractivity contribution is 5.47. The highest BCUT2D eigenvalue weighted by Crippen LogP contribution is 2.23. The van der Waals surface area contributed by atoms with Gasteiger partial charge in [-0.1, -0.05) is 6.92 Å². The molecule has 0 bridgehead atoms. The molecule has 0 amide bonds. The number of benzene rings is 1. The van der Waals surface area contributed by atoms with Gasteiger partial charge in [0.15, 0.2) is 0 Å². The van der Waals surface area contributed by atoms with Crippen molar-refractivity contribution in [3.63, 3.8) is 0 Å². The molecule has 0 aromatic heterocycles. The Hall–Kier alpha value is -1.26. The van der Waals surface area contributed by atoms with E-state index in [-0.39, 0.29) is 0 Å². The van der Waals surface area contributed by atoms with Crippen LogP contribution in [0.1, 0.15) is 25.3 Å². The number of nitrogens with two attached hydrogens (primary N) is 1. The van der Waals surface area contributed by atoms with E-state index in [0.29, 0.717) is 6.04 Å². The van der Waals surface area contributed by atoms with Crippen LogP contribution in [0.3, 0.4) is 0 Å². The summed E-state index contributed by atoms with van der Waals surface area (Å²) in [6, 6.07) is 6.55. The van der Waals surface area contributed by atoms with Gasteiger partial charge in [0.1, 0.15) is 5.75 Å². The van der Waals surface area contributed by atoms with Crippen molar-refractivity contribution in [1.82, 2.24) is 9.80 Å². The summed E-state index contributed by atoms with van der Waals surface area (Å²) < 4.78 is 5.42. The number of nitrogens with zero attached hydrogens (tertiary/aromatic N) is 2. The Balaban J connectivity index is 1.97. The highest BCUT2D eigenvalue weighted by Gasteiger charge is 2.24. The van der Waals surface area contributed by atoms with Crippen LogP contribution in [0.4, 0.5) is 5.69 Å². The number of methoxy groups -OCH3 is 1. The first kappa shape index (κ1) is 15.1. The number of hydrogen-bond acceptors (Lipinski definition) is 4. The zero-order chi connectivity index (χ0) is 14.5. The molecular weight excluding hydrogens is 250 g/mol. The van der Waals surface area contributed by atoms with Gasteiger partial charge in [0.25, 0.3) is 0 Å². The van der Waals surface area contributed by atoms with Gasteiger partial charge in [-0.2, -0.15) is 0 Å². The minimum atomic E-state index is 0.692. The second-order valence-electron chi connectivity index (χ2n) is 5.69. The lowest BCUT2D eigenvalue weighted by atomic mass is 10.1. The third kappa shape index (κ3) is 3.64. The molecule has 0 saturated carbocycles. The zero-order valence-electron chi connectivity index (χ0n) is 12.9. The predicted molar refractivity (Wildman–Crippen MR) is 84.0 cm³/mol. The van der Waals surface area contributed by atoms with E-state index in [1.807, 2.05) is 18.2 Å². The minimum Gasteiger partial charge on any atom is -0.496 e. The maximum absolute atomic E-state index is 5.88. The smallest absolute Gasteiger partial charge is 0.123 e. The zero-order valence-corrected chi connectivity index (χ0v) is 12.9. The quantitative estimate of drug-likeness (QED) is 0.809. The molecule has 1 aromatic rings. The average molecular weight is 277 g/mol. The standard InChI is InChI=1S/C16H27N3O/c1-4-19-9-5-6-15(19)12-18(2)11-13-10-14(17)7-8-16(13)20-3/h7-8,10,15H,4-6,9,11-12,17H2,1-3H3. The van der Waals surface area contributed by atoms with E-state index >= 15 is 0 Å². The van der Waals surface area contributed by atoms with Gasteiger partial charge in [-0.15, -0.1) is 0 Å². The SMILES string of the molecule is CCN1CCCC1CN(C)Cc1cc(N)ccc1OC. The molecule has 1 aliphatic rings. The van der Waals surface area contributed by atoms with Crippen molar-refractivity contribution in [2.45, 2.75) is 32.4 Å². The van der Waals surface area contributed by atoms with E-state index in [2.05, 4.69) is 23.8 Å². The fourth-order valence-corrected chi connectivity index (χ4v) is 3.16. The summed E-state index contributed by atoms with van der Waals surface area (Å²) in [7, 11) is 3.89. The minimum absolute atomic E-state index is 0.692. The van der Waals surface area contributed by atoms with Crippen molar-refractivity contribution in [2.75, 3.05) is 39.5 Å². The molecule has 1 atom stereocenters. The molecule has 1 fully saturated rings. The number of likely N-dealkylation sites (N-methyl/N-ethyl adjacent to an activating group) is 2. The van der Waals surface area contributed by atoms with Gasteiger partial charge < -0.3 is 15.4 Å². The maximum Gasteiger partial charge on any atom is 0.123 e. The van der Waals surface area contributed by atoms with Crippen LogP contribution in [-0.2, 0) is 6.54 Å². The molecule has 20 heavy (non-hydrogen) atoms.